The zero-order valence-corrected chi connectivity index (χ0v) is 15.1. The van der Waals surface area contributed by atoms with Crippen molar-refractivity contribution in [1.29, 1.82) is 0 Å². The summed E-state index contributed by atoms with van der Waals surface area (Å²) in [5, 5.41) is 4.19. The molecular weight excluding hydrogens is 310 g/mol. The minimum absolute atomic E-state index is 0.00330. The number of aromatic nitrogens is 2. The number of rotatable bonds is 3. The molecule has 0 aliphatic carbocycles. The number of aryl methyl sites for hydroxylation is 1. The first-order chi connectivity index (χ1) is 11.2. The topological polar surface area (TPSA) is 73.7 Å². The Labute approximate surface area is 142 Å². The van der Waals surface area contributed by atoms with Crippen LogP contribution in [0.5, 0.6) is 0 Å². The summed E-state index contributed by atoms with van der Waals surface area (Å²) in [6, 6.07) is 0. The fraction of sp³-hybridized carbons (Fsp3) is 0.706. The first kappa shape index (κ1) is 18.3. The van der Waals surface area contributed by atoms with E-state index >= 15 is 0 Å². The van der Waals surface area contributed by atoms with Gasteiger partial charge in [0.25, 0.3) is 0 Å². The van der Waals surface area contributed by atoms with E-state index in [0.29, 0.717) is 26.1 Å². The van der Waals surface area contributed by atoms with Crippen LogP contribution in [-0.2, 0) is 21.3 Å². The van der Waals surface area contributed by atoms with Gasteiger partial charge in [-0.05, 0) is 39.7 Å². The van der Waals surface area contributed by atoms with Gasteiger partial charge >= 0.3 is 12.1 Å². The lowest BCUT2D eigenvalue weighted by Crippen LogP contribution is -2.47. The molecular formula is C17H27N3O4. The number of ether oxygens (including phenoxy) is 2. The summed E-state index contributed by atoms with van der Waals surface area (Å²) in [5.74, 6) is -0.688. The quantitative estimate of drug-likeness (QED) is 0.792. The van der Waals surface area contributed by atoms with Crippen LogP contribution in [-0.4, -0.2) is 52.0 Å². The van der Waals surface area contributed by atoms with Crippen molar-refractivity contribution in [2.24, 2.45) is 13.0 Å². The molecule has 0 unspecified atom stereocenters. The van der Waals surface area contributed by atoms with Crippen LogP contribution in [0.15, 0.2) is 12.4 Å². The summed E-state index contributed by atoms with van der Waals surface area (Å²) in [7, 11) is 1.85. The van der Waals surface area contributed by atoms with E-state index in [0.717, 1.165) is 5.56 Å². The van der Waals surface area contributed by atoms with Gasteiger partial charge in [-0.15, -0.1) is 0 Å². The van der Waals surface area contributed by atoms with Gasteiger partial charge in [0.15, 0.2) is 0 Å². The summed E-state index contributed by atoms with van der Waals surface area (Å²) in [6.07, 6.45) is 3.98. The highest BCUT2D eigenvalue weighted by atomic mass is 16.6. The van der Waals surface area contributed by atoms with Crippen molar-refractivity contribution >= 4 is 12.1 Å². The van der Waals surface area contributed by atoms with Crippen LogP contribution >= 0.6 is 0 Å². The highest BCUT2D eigenvalue weighted by molar-refractivity contribution is 5.76. The largest absolute Gasteiger partial charge is 0.466 e. The molecule has 7 heteroatoms. The smallest absolute Gasteiger partial charge is 0.410 e. The first-order valence-corrected chi connectivity index (χ1v) is 8.34. The molecule has 0 saturated carbocycles. The number of carbonyl (C=O) groups is 2. The molecule has 0 spiro atoms. The molecule has 1 fully saturated rings. The van der Waals surface area contributed by atoms with Gasteiger partial charge in [-0.2, -0.15) is 5.10 Å². The Hall–Kier alpha value is -2.05. The Balaban J connectivity index is 2.16. The van der Waals surface area contributed by atoms with Crippen molar-refractivity contribution in [1.82, 2.24) is 14.7 Å². The Morgan fingerprint density at radius 1 is 1.38 bits per heavy atom. The van der Waals surface area contributed by atoms with Gasteiger partial charge < -0.3 is 14.4 Å². The number of piperidine rings is 1. The van der Waals surface area contributed by atoms with Crippen LogP contribution < -0.4 is 0 Å². The molecule has 2 atom stereocenters. The van der Waals surface area contributed by atoms with Crippen LogP contribution in [0, 0.1) is 5.92 Å². The summed E-state index contributed by atoms with van der Waals surface area (Å²) in [5.41, 5.74) is 0.441. The molecule has 2 rings (SSSR count). The third-order valence-electron chi connectivity index (χ3n) is 4.01. The Morgan fingerprint density at radius 2 is 2.08 bits per heavy atom. The highest BCUT2D eigenvalue weighted by Crippen LogP contribution is 2.34. The van der Waals surface area contributed by atoms with Gasteiger partial charge in [-0.25, -0.2) is 4.79 Å². The average molecular weight is 337 g/mol. The highest BCUT2D eigenvalue weighted by Gasteiger charge is 2.39. The van der Waals surface area contributed by atoms with E-state index in [1.165, 1.54) is 0 Å². The fourth-order valence-electron chi connectivity index (χ4n) is 2.96. The van der Waals surface area contributed by atoms with Gasteiger partial charge in [-0.3, -0.25) is 9.48 Å². The molecule has 0 N–H and O–H groups in total. The monoisotopic (exact) mass is 337 g/mol. The van der Waals surface area contributed by atoms with E-state index in [1.807, 2.05) is 34.0 Å². The van der Waals surface area contributed by atoms with Gasteiger partial charge in [0.05, 0.1) is 18.7 Å². The predicted octanol–water partition coefficient (Wildman–Crippen LogP) is 2.32. The van der Waals surface area contributed by atoms with E-state index < -0.39 is 11.5 Å². The molecule has 1 amide bonds. The lowest BCUT2D eigenvalue weighted by molar-refractivity contribution is -0.150. The van der Waals surface area contributed by atoms with Gasteiger partial charge in [0, 0.05) is 32.3 Å². The second kappa shape index (κ2) is 7.23. The molecule has 1 aromatic rings. The van der Waals surface area contributed by atoms with Crippen molar-refractivity contribution in [3.8, 4) is 0 Å². The molecule has 1 aliphatic rings. The number of carbonyl (C=O) groups excluding carboxylic acids is 2. The van der Waals surface area contributed by atoms with Crippen LogP contribution in [0.3, 0.4) is 0 Å². The van der Waals surface area contributed by atoms with Gasteiger partial charge in [-0.1, -0.05) is 0 Å². The summed E-state index contributed by atoms with van der Waals surface area (Å²) < 4.78 is 12.4. The predicted molar refractivity (Wildman–Crippen MR) is 88.5 cm³/mol. The zero-order chi connectivity index (χ0) is 17.9. The van der Waals surface area contributed by atoms with E-state index in [4.69, 9.17) is 9.47 Å². The van der Waals surface area contributed by atoms with Crippen LogP contribution in [0.1, 0.15) is 45.6 Å². The Morgan fingerprint density at radius 3 is 2.62 bits per heavy atom. The summed E-state index contributed by atoms with van der Waals surface area (Å²) >= 11 is 0. The first-order valence-electron chi connectivity index (χ1n) is 8.34. The normalized spacial score (nSPS) is 21.5. The number of hydrogen-bond donors (Lipinski definition) is 0. The Bertz CT molecular complexity index is 591. The minimum atomic E-state index is -0.559. The number of nitrogens with zero attached hydrogens (tertiary/aromatic N) is 3. The standard InChI is InChI=1S/C17H27N3O4/c1-6-23-15(21)14-11-20(16(22)24-17(2,3)4)8-7-13(14)12-9-18-19(5)10-12/h9-10,13-14H,6-8,11H2,1-5H3/t13-,14+/m1/s1. The molecule has 0 radical (unpaired) electrons. The molecule has 1 aliphatic heterocycles. The van der Waals surface area contributed by atoms with E-state index in [-0.39, 0.29) is 18.0 Å². The number of hydrogen-bond acceptors (Lipinski definition) is 5. The van der Waals surface area contributed by atoms with Gasteiger partial charge in [0.1, 0.15) is 5.60 Å². The van der Waals surface area contributed by atoms with E-state index in [1.54, 1.807) is 22.7 Å². The van der Waals surface area contributed by atoms with Crippen LogP contribution in [0.2, 0.25) is 0 Å². The molecule has 2 heterocycles. The summed E-state index contributed by atoms with van der Waals surface area (Å²) in [4.78, 5) is 26.3. The average Bonchev–Trinajstić information content (AvgIpc) is 2.91. The molecule has 1 saturated heterocycles. The molecule has 1 aromatic heterocycles. The molecule has 0 bridgehead atoms. The SMILES string of the molecule is CCOC(=O)[C@H]1CN(C(=O)OC(C)(C)C)CC[C@@H]1c1cnn(C)c1. The van der Waals surface area contributed by atoms with E-state index in [2.05, 4.69) is 5.10 Å². The minimum Gasteiger partial charge on any atom is -0.466 e. The maximum Gasteiger partial charge on any atom is 0.410 e. The lowest BCUT2D eigenvalue weighted by atomic mass is 9.82. The van der Waals surface area contributed by atoms with Gasteiger partial charge in [0.2, 0.25) is 0 Å². The third-order valence-corrected chi connectivity index (χ3v) is 4.01. The van der Waals surface area contributed by atoms with Crippen molar-refractivity contribution in [2.45, 2.75) is 45.6 Å². The molecule has 0 aromatic carbocycles. The molecule has 134 valence electrons. The number of amides is 1. The Kier molecular flexibility index (Phi) is 5.51. The third kappa shape index (κ3) is 4.49. The van der Waals surface area contributed by atoms with Crippen molar-refractivity contribution in [3.63, 3.8) is 0 Å². The second-order valence-electron chi connectivity index (χ2n) is 7.13. The van der Waals surface area contributed by atoms with Crippen LogP contribution in [0.25, 0.3) is 0 Å². The summed E-state index contributed by atoms with van der Waals surface area (Å²) in [6.45, 7) is 8.44. The van der Waals surface area contributed by atoms with Crippen molar-refractivity contribution in [3.05, 3.63) is 18.0 Å². The lowest BCUT2D eigenvalue weighted by Gasteiger charge is -2.37. The van der Waals surface area contributed by atoms with E-state index in [9.17, 15) is 9.59 Å². The van der Waals surface area contributed by atoms with Crippen molar-refractivity contribution in [2.75, 3.05) is 19.7 Å². The second-order valence-corrected chi connectivity index (χ2v) is 7.13. The maximum absolute atomic E-state index is 12.4. The van der Waals surface area contributed by atoms with Crippen LogP contribution in [0.4, 0.5) is 4.79 Å². The number of esters is 1. The number of likely N-dealkylation sites (tertiary alicyclic amines) is 1. The molecule has 24 heavy (non-hydrogen) atoms. The zero-order valence-electron chi connectivity index (χ0n) is 15.1. The fourth-order valence-corrected chi connectivity index (χ4v) is 2.96. The van der Waals surface area contributed by atoms with Crippen molar-refractivity contribution < 1.29 is 19.1 Å². The molecule has 7 nitrogen and oxygen atoms in total. The maximum atomic E-state index is 12.4.